The molecule has 1 aromatic carbocycles. The Hall–Kier alpha value is -2.42. The topological polar surface area (TPSA) is 87.3 Å². The highest BCUT2D eigenvalue weighted by molar-refractivity contribution is 7.88. The van der Waals surface area contributed by atoms with Gasteiger partial charge in [-0.15, -0.1) is 0 Å². The highest BCUT2D eigenvalue weighted by Gasteiger charge is 2.20. The van der Waals surface area contributed by atoms with Crippen LogP contribution in [0.5, 0.6) is 5.75 Å². The van der Waals surface area contributed by atoms with Gasteiger partial charge in [0.2, 0.25) is 10.0 Å². The van der Waals surface area contributed by atoms with Gasteiger partial charge >= 0.3 is 0 Å². The van der Waals surface area contributed by atoms with Crippen molar-refractivity contribution >= 4 is 21.1 Å². The zero-order valence-electron chi connectivity index (χ0n) is 16.7. The number of ether oxygens (including phenoxy) is 1. The van der Waals surface area contributed by atoms with Crippen molar-refractivity contribution < 1.29 is 13.2 Å². The number of pyridine rings is 1. The lowest BCUT2D eigenvalue weighted by Crippen LogP contribution is -2.35. The molecule has 29 heavy (non-hydrogen) atoms. The summed E-state index contributed by atoms with van der Waals surface area (Å²) in [5.41, 5.74) is 3.76. The van der Waals surface area contributed by atoms with Crippen LogP contribution < -0.4 is 9.46 Å². The third-order valence-corrected chi connectivity index (χ3v) is 5.97. The molecule has 0 unspecified atom stereocenters. The minimum Gasteiger partial charge on any atom is -0.489 e. The molecule has 154 valence electrons. The van der Waals surface area contributed by atoms with Crippen molar-refractivity contribution in [1.29, 1.82) is 0 Å². The van der Waals surface area contributed by atoms with E-state index in [0.29, 0.717) is 0 Å². The Labute approximate surface area is 171 Å². The molecule has 0 spiro atoms. The lowest BCUT2D eigenvalue weighted by Gasteiger charge is -2.29. The first kappa shape index (κ1) is 19.9. The number of sulfonamides is 1. The molecule has 0 bridgehead atoms. The molecule has 0 amide bonds. The molecule has 1 aliphatic rings. The predicted molar refractivity (Wildman–Crippen MR) is 114 cm³/mol. The molecule has 1 saturated heterocycles. The number of nitrogens with zero attached hydrogens (tertiary/aromatic N) is 2. The van der Waals surface area contributed by atoms with Gasteiger partial charge in [0.25, 0.3) is 0 Å². The van der Waals surface area contributed by atoms with Crippen molar-refractivity contribution in [3.63, 3.8) is 0 Å². The van der Waals surface area contributed by atoms with E-state index in [2.05, 4.69) is 26.6 Å². The second kappa shape index (κ2) is 8.14. The lowest BCUT2D eigenvalue weighted by molar-refractivity contribution is 0.115. The zero-order valence-corrected chi connectivity index (χ0v) is 17.5. The molecule has 4 rings (SSSR count). The van der Waals surface area contributed by atoms with Crippen LogP contribution in [0.1, 0.15) is 18.4 Å². The fraction of sp³-hybridized carbons (Fsp3) is 0.381. The van der Waals surface area contributed by atoms with E-state index >= 15 is 0 Å². The number of benzene rings is 1. The summed E-state index contributed by atoms with van der Waals surface area (Å²) in [6, 6.07) is 9.78. The third-order valence-electron chi connectivity index (χ3n) is 5.30. The van der Waals surface area contributed by atoms with Crippen LogP contribution in [-0.2, 0) is 16.6 Å². The summed E-state index contributed by atoms with van der Waals surface area (Å²) in [6.07, 6.45) is 7.12. The average molecular weight is 415 g/mol. The molecule has 2 N–H and O–H groups in total. The highest BCUT2D eigenvalue weighted by atomic mass is 32.2. The van der Waals surface area contributed by atoms with Crippen molar-refractivity contribution in [2.75, 3.05) is 26.4 Å². The van der Waals surface area contributed by atoms with E-state index in [4.69, 9.17) is 4.74 Å². The van der Waals surface area contributed by atoms with Gasteiger partial charge in [-0.05, 0) is 37.1 Å². The van der Waals surface area contributed by atoms with E-state index in [-0.39, 0.29) is 12.6 Å². The van der Waals surface area contributed by atoms with Gasteiger partial charge in [0.05, 0.1) is 11.6 Å². The standard InChI is InChI=1S/C21H26N4O3S/c1-25-11-8-17(9-12-25)28-19-7-10-22-21-20(19)18(14-23-21)16-5-3-15(4-6-16)13-24-29(2,26)27/h3-7,10,14,17,24H,8-9,11-13H2,1-2H3,(H,22,23). The maximum atomic E-state index is 11.3. The fourth-order valence-electron chi connectivity index (χ4n) is 3.65. The van der Waals surface area contributed by atoms with Crippen LogP contribution >= 0.6 is 0 Å². The van der Waals surface area contributed by atoms with Crippen LogP contribution in [0.4, 0.5) is 0 Å². The van der Waals surface area contributed by atoms with Gasteiger partial charge in [0.1, 0.15) is 17.5 Å². The first-order valence-electron chi connectivity index (χ1n) is 9.74. The number of hydrogen-bond donors (Lipinski definition) is 2. The van der Waals surface area contributed by atoms with Gasteiger partial charge in [-0.1, -0.05) is 24.3 Å². The first-order valence-corrected chi connectivity index (χ1v) is 11.6. The molecule has 3 aromatic rings. The molecule has 1 aliphatic heterocycles. The maximum Gasteiger partial charge on any atom is 0.209 e. The number of H-pyrrole nitrogens is 1. The van der Waals surface area contributed by atoms with Gasteiger partial charge in [0.15, 0.2) is 0 Å². The third kappa shape index (κ3) is 4.77. The fourth-order valence-corrected chi connectivity index (χ4v) is 4.08. The number of aromatic nitrogens is 2. The maximum absolute atomic E-state index is 11.3. The van der Waals surface area contributed by atoms with Crippen LogP contribution in [0.25, 0.3) is 22.2 Å². The monoisotopic (exact) mass is 414 g/mol. The number of likely N-dealkylation sites (tertiary alicyclic amines) is 1. The van der Waals surface area contributed by atoms with E-state index in [1.807, 2.05) is 36.5 Å². The minimum absolute atomic E-state index is 0.212. The normalized spacial score (nSPS) is 16.3. The van der Waals surface area contributed by atoms with Crippen molar-refractivity contribution in [2.45, 2.75) is 25.5 Å². The average Bonchev–Trinajstić information content (AvgIpc) is 3.13. The molecule has 3 heterocycles. The van der Waals surface area contributed by atoms with E-state index in [1.54, 1.807) is 6.20 Å². The van der Waals surface area contributed by atoms with Crippen LogP contribution in [0.2, 0.25) is 0 Å². The molecule has 7 nitrogen and oxygen atoms in total. The Morgan fingerprint density at radius 1 is 1.21 bits per heavy atom. The minimum atomic E-state index is -3.21. The molecule has 0 atom stereocenters. The second-order valence-electron chi connectivity index (χ2n) is 7.65. The number of rotatable bonds is 6. The Bertz CT molecular complexity index is 1080. The first-order chi connectivity index (χ1) is 13.9. The largest absolute Gasteiger partial charge is 0.489 e. The summed E-state index contributed by atoms with van der Waals surface area (Å²) >= 11 is 0. The summed E-state index contributed by atoms with van der Waals surface area (Å²) in [5, 5.41) is 0.980. The zero-order chi connectivity index (χ0) is 20.4. The lowest BCUT2D eigenvalue weighted by atomic mass is 10.0. The molecular weight excluding hydrogens is 388 g/mol. The Kier molecular flexibility index (Phi) is 5.58. The summed E-state index contributed by atoms with van der Waals surface area (Å²) < 4.78 is 31.5. The summed E-state index contributed by atoms with van der Waals surface area (Å²) in [7, 11) is -1.07. The van der Waals surface area contributed by atoms with E-state index in [9.17, 15) is 8.42 Å². The van der Waals surface area contributed by atoms with E-state index in [0.717, 1.165) is 65.7 Å². The summed E-state index contributed by atoms with van der Waals surface area (Å²) in [6.45, 7) is 2.36. The number of fused-ring (bicyclic) bond motifs is 1. The van der Waals surface area contributed by atoms with Crippen LogP contribution in [-0.4, -0.2) is 55.8 Å². The Morgan fingerprint density at radius 2 is 1.93 bits per heavy atom. The van der Waals surface area contributed by atoms with Crippen molar-refractivity contribution in [2.24, 2.45) is 0 Å². The summed E-state index contributed by atoms with van der Waals surface area (Å²) in [5.74, 6) is 0.851. The van der Waals surface area contributed by atoms with Gasteiger partial charge in [-0.2, -0.15) is 0 Å². The molecule has 0 radical (unpaired) electrons. The molecular formula is C21H26N4O3S. The Balaban J connectivity index is 1.59. The molecule has 0 aliphatic carbocycles. The van der Waals surface area contributed by atoms with E-state index in [1.165, 1.54) is 0 Å². The molecule has 1 fully saturated rings. The number of aromatic amines is 1. The van der Waals surface area contributed by atoms with Gasteiger partial charge in [0, 0.05) is 37.6 Å². The molecule has 0 saturated carbocycles. The van der Waals surface area contributed by atoms with Crippen molar-refractivity contribution in [3.8, 4) is 16.9 Å². The van der Waals surface area contributed by atoms with Crippen LogP contribution in [0.3, 0.4) is 0 Å². The molecule has 2 aromatic heterocycles. The van der Waals surface area contributed by atoms with Gasteiger partial charge in [-0.25, -0.2) is 18.1 Å². The Morgan fingerprint density at radius 3 is 2.62 bits per heavy atom. The van der Waals surface area contributed by atoms with Crippen molar-refractivity contribution in [3.05, 3.63) is 48.3 Å². The van der Waals surface area contributed by atoms with Crippen LogP contribution in [0.15, 0.2) is 42.7 Å². The number of nitrogens with one attached hydrogen (secondary N) is 2. The van der Waals surface area contributed by atoms with Gasteiger partial charge < -0.3 is 14.6 Å². The highest BCUT2D eigenvalue weighted by Crippen LogP contribution is 2.35. The van der Waals surface area contributed by atoms with Crippen molar-refractivity contribution in [1.82, 2.24) is 19.6 Å². The summed E-state index contributed by atoms with van der Waals surface area (Å²) in [4.78, 5) is 10.0. The van der Waals surface area contributed by atoms with E-state index < -0.39 is 10.0 Å². The second-order valence-corrected chi connectivity index (χ2v) is 9.48. The predicted octanol–water partition coefficient (Wildman–Crippen LogP) is 2.75. The number of piperidine rings is 1. The smallest absolute Gasteiger partial charge is 0.209 e. The number of hydrogen-bond acceptors (Lipinski definition) is 5. The van der Waals surface area contributed by atoms with Crippen LogP contribution in [0, 0.1) is 0 Å². The van der Waals surface area contributed by atoms with Gasteiger partial charge in [-0.3, -0.25) is 0 Å². The molecule has 8 heteroatoms. The quantitative estimate of drug-likeness (QED) is 0.648. The SMILES string of the molecule is CN1CCC(Oc2ccnc3[nH]cc(-c4ccc(CNS(C)(=O)=O)cc4)c23)CC1.